The molecule has 96 valence electrons. The molecule has 1 N–H and O–H groups in total. The van der Waals surface area contributed by atoms with Crippen molar-refractivity contribution in [2.75, 3.05) is 7.11 Å². The number of para-hydroxylation sites is 1. The lowest BCUT2D eigenvalue weighted by atomic mass is 10.1. The van der Waals surface area contributed by atoms with Gasteiger partial charge in [-0.1, -0.05) is 12.1 Å². The highest BCUT2D eigenvalue weighted by Crippen LogP contribution is 2.32. The van der Waals surface area contributed by atoms with Gasteiger partial charge in [0.25, 0.3) is 0 Å². The van der Waals surface area contributed by atoms with E-state index in [9.17, 15) is 0 Å². The molecule has 1 aromatic heterocycles. The molecule has 0 saturated heterocycles. The van der Waals surface area contributed by atoms with Crippen LogP contribution in [0.15, 0.2) is 42.5 Å². The SMILES string of the molecule is COc1ccccc1-c1cc2cc(C)c(C)cc2[nH]1. The van der Waals surface area contributed by atoms with Gasteiger partial charge in [0.15, 0.2) is 0 Å². The van der Waals surface area contributed by atoms with Crippen LogP contribution in [0.5, 0.6) is 5.75 Å². The number of hydrogen-bond donors (Lipinski definition) is 1. The van der Waals surface area contributed by atoms with Gasteiger partial charge >= 0.3 is 0 Å². The number of benzene rings is 2. The number of methoxy groups -OCH3 is 1. The predicted octanol–water partition coefficient (Wildman–Crippen LogP) is 4.46. The maximum atomic E-state index is 5.42. The highest BCUT2D eigenvalue weighted by Gasteiger charge is 2.08. The fourth-order valence-corrected chi connectivity index (χ4v) is 2.42. The number of hydrogen-bond acceptors (Lipinski definition) is 1. The van der Waals surface area contributed by atoms with Crippen LogP contribution >= 0.6 is 0 Å². The average molecular weight is 251 g/mol. The molecule has 2 heteroatoms. The van der Waals surface area contributed by atoms with E-state index in [2.05, 4.69) is 43.1 Å². The van der Waals surface area contributed by atoms with Crippen molar-refractivity contribution in [1.29, 1.82) is 0 Å². The zero-order valence-electron chi connectivity index (χ0n) is 11.4. The molecular formula is C17H17NO. The van der Waals surface area contributed by atoms with Crippen LogP contribution in [0.3, 0.4) is 0 Å². The summed E-state index contributed by atoms with van der Waals surface area (Å²) < 4.78 is 5.42. The smallest absolute Gasteiger partial charge is 0.128 e. The first-order valence-electron chi connectivity index (χ1n) is 6.42. The minimum atomic E-state index is 0.891. The minimum Gasteiger partial charge on any atom is -0.496 e. The van der Waals surface area contributed by atoms with Crippen molar-refractivity contribution in [3.05, 3.63) is 53.6 Å². The molecule has 0 bridgehead atoms. The fraction of sp³-hybridized carbons (Fsp3) is 0.176. The number of ether oxygens (including phenoxy) is 1. The Morgan fingerprint density at radius 1 is 0.947 bits per heavy atom. The Morgan fingerprint density at radius 3 is 2.47 bits per heavy atom. The molecule has 3 aromatic rings. The number of H-pyrrole nitrogens is 1. The van der Waals surface area contributed by atoms with Crippen molar-refractivity contribution in [2.45, 2.75) is 13.8 Å². The van der Waals surface area contributed by atoms with E-state index < -0.39 is 0 Å². The van der Waals surface area contributed by atoms with E-state index in [1.165, 1.54) is 22.0 Å². The van der Waals surface area contributed by atoms with Crippen LogP contribution in [0, 0.1) is 13.8 Å². The summed E-state index contributed by atoms with van der Waals surface area (Å²) in [5.74, 6) is 0.891. The quantitative estimate of drug-likeness (QED) is 0.714. The van der Waals surface area contributed by atoms with E-state index in [1.54, 1.807) is 7.11 Å². The van der Waals surface area contributed by atoms with Gasteiger partial charge in [-0.3, -0.25) is 0 Å². The molecule has 19 heavy (non-hydrogen) atoms. The second-order valence-electron chi connectivity index (χ2n) is 4.91. The zero-order chi connectivity index (χ0) is 13.4. The molecule has 0 amide bonds. The molecule has 2 aromatic carbocycles. The topological polar surface area (TPSA) is 25.0 Å². The van der Waals surface area contributed by atoms with Gasteiger partial charge in [-0.2, -0.15) is 0 Å². The third kappa shape index (κ3) is 1.99. The fourth-order valence-electron chi connectivity index (χ4n) is 2.42. The van der Waals surface area contributed by atoms with Crippen LogP contribution < -0.4 is 4.74 Å². The maximum Gasteiger partial charge on any atom is 0.128 e. The molecule has 2 nitrogen and oxygen atoms in total. The Labute approximate surface area is 113 Å². The summed E-state index contributed by atoms with van der Waals surface area (Å²) >= 11 is 0. The van der Waals surface area contributed by atoms with E-state index in [0.29, 0.717) is 0 Å². The second kappa shape index (κ2) is 4.47. The van der Waals surface area contributed by atoms with Gasteiger partial charge in [-0.05, 0) is 55.3 Å². The number of nitrogens with one attached hydrogen (secondary N) is 1. The van der Waals surface area contributed by atoms with Crippen LogP contribution in [0.1, 0.15) is 11.1 Å². The van der Waals surface area contributed by atoms with E-state index in [-0.39, 0.29) is 0 Å². The summed E-state index contributed by atoms with van der Waals surface area (Å²) in [6.45, 7) is 4.28. The van der Waals surface area contributed by atoms with Crippen molar-refractivity contribution in [2.24, 2.45) is 0 Å². The molecule has 0 fully saturated rings. The van der Waals surface area contributed by atoms with Gasteiger partial charge in [0.05, 0.1) is 12.8 Å². The molecule has 1 heterocycles. The van der Waals surface area contributed by atoms with E-state index in [1.807, 2.05) is 18.2 Å². The lowest BCUT2D eigenvalue weighted by Gasteiger charge is -2.05. The van der Waals surface area contributed by atoms with Crippen molar-refractivity contribution >= 4 is 10.9 Å². The van der Waals surface area contributed by atoms with Crippen LogP contribution in [0.25, 0.3) is 22.2 Å². The highest BCUT2D eigenvalue weighted by atomic mass is 16.5. The molecule has 0 aliphatic carbocycles. The van der Waals surface area contributed by atoms with Crippen molar-refractivity contribution in [1.82, 2.24) is 4.98 Å². The van der Waals surface area contributed by atoms with Crippen LogP contribution in [0.2, 0.25) is 0 Å². The Bertz CT molecular complexity index is 701. The molecule has 3 rings (SSSR count). The Morgan fingerprint density at radius 2 is 1.68 bits per heavy atom. The van der Waals surface area contributed by atoms with Gasteiger partial charge in [0.1, 0.15) is 5.75 Å². The second-order valence-corrected chi connectivity index (χ2v) is 4.91. The highest BCUT2D eigenvalue weighted by molar-refractivity contribution is 5.88. The van der Waals surface area contributed by atoms with Gasteiger partial charge in [0, 0.05) is 16.5 Å². The van der Waals surface area contributed by atoms with Crippen LogP contribution in [-0.4, -0.2) is 12.1 Å². The largest absolute Gasteiger partial charge is 0.496 e. The van der Waals surface area contributed by atoms with Crippen LogP contribution in [-0.2, 0) is 0 Å². The monoisotopic (exact) mass is 251 g/mol. The summed E-state index contributed by atoms with van der Waals surface area (Å²) in [5.41, 5.74) is 5.98. The van der Waals surface area contributed by atoms with Crippen molar-refractivity contribution < 1.29 is 4.74 Å². The first-order valence-corrected chi connectivity index (χ1v) is 6.42. The van der Waals surface area contributed by atoms with Crippen molar-refractivity contribution in [3.8, 4) is 17.0 Å². The third-order valence-electron chi connectivity index (χ3n) is 3.63. The number of aromatic nitrogens is 1. The average Bonchev–Trinajstić information content (AvgIpc) is 2.82. The number of aromatic amines is 1. The van der Waals surface area contributed by atoms with E-state index in [4.69, 9.17) is 4.74 Å². The molecule has 0 unspecified atom stereocenters. The summed E-state index contributed by atoms with van der Waals surface area (Å²) in [6.07, 6.45) is 0. The predicted molar refractivity (Wildman–Crippen MR) is 79.8 cm³/mol. The molecule has 0 aliphatic heterocycles. The molecule has 0 radical (unpaired) electrons. The normalized spacial score (nSPS) is 10.9. The van der Waals surface area contributed by atoms with Gasteiger partial charge < -0.3 is 9.72 Å². The summed E-state index contributed by atoms with van der Waals surface area (Å²) in [5, 5.41) is 1.24. The minimum absolute atomic E-state index is 0.891. The molecular weight excluding hydrogens is 234 g/mol. The molecule has 0 atom stereocenters. The molecule has 0 aliphatic rings. The number of rotatable bonds is 2. The Kier molecular flexibility index (Phi) is 2.79. The van der Waals surface area contributed by atoms with Crippen molar-refractivity contribution in [3.63, 3.8) is 0 Å². The summed E-state index contributed by atoms with van der Waals surface area (Å²) in [6, 6.07) is 14.7. The van der Waals surface area contributed by atoms with Gasteiger partial charge in [0.2, 0.25) is 0 Å². The standard InChI is InChI=1S/C17H17NO/c1-11-8-13-10-16(18-15(13)9-12(11)2)14-6-4-5-7-17(14)19-3/h4-10,18H,1-3H3. The first kappa shape index (κ1) is 11.8. The number of fused-ring (bicyclic) bond motifs is 1. The first-order chi connectivity index (χ1) is 9.19. The van der Waals surface area contributed by atoms with E-state index in [0.717, 1.165) is 17.0 Å². The maximum absolute atomic E-state index is 5.42. The lowest BCUT2D eigenvalue weighted by Crippen LogP contribution is -1.86. The van der Waals surface area contributed by atoms with Gasteiger partial charge in [-0.15, -0.1) is 0 Å². The summed E-state index contributed by atoms with van der Waals surface area (Å²) in [7, 11) is 1.70. The van der Waals surface area contributed by atoms with E-state index >= 15 is 0 Å². The van der Waals surface area contributed by atoms with Gasteiger partial charge in [-0.25, -0.2) is 0 Å². The lowest BCUT2D eigenvalue weighted by molar-refractivity contribution is 0.416. The molecule has 0 spiro atoms. The van der Waals surface area contributed by atoms with Crippen LogP contribution in [0.4, 0.5) is 0 Å². The third-order valence-corrected chi connectivity index (χ3v) is 3.63. The number of aryl methyl sites for hydroxylation is 2. The molecule has 0 saturated carbocycles. The zero-order valence-corrected chi connectivity index (χ0v) is 11.4. The Balaban J connectivity index is 2.20. The summed E-state index contributed by atoms with van der Waals surface area (Å²) in [4.78, 5) is 3.47. The Hall–Kier alpha value is -2.22.